The molecule has 52 valence electrons. The summed E-state index contributed by atoms with van der Waals surface area (Å²) in [4.78, 5) is 10.8. The molecule has 0 aromatic rings. The van der Waals surface area contributed by atoms with Crippen molar-refractivity contribution in [3.05, 3.63) is 0 Å². The number of amides is 1. The van der Waals surface area contributed by atoms with E-state index in [9.17, 15) is 4.79 Å². The minimum Gasteiger partial charge on any atom is -0.346 e. The van der Waals surface area contributed by atoms with Gasteiger partial charge in [0.15, 0.2) is 0 Å². The Morgan fingerprint density at radius 1 is 1.89 bits per heavy atom. The summed E-state index contributed by atoms with van der Waals surface area (Å²) in [7, 11) is 0. The summed E-state index contributed by atoms with van der Waals surface area (Å²) in [5, 5.41) is 3.02. The van der Waals surface area contributed by atoms with Gasteiger partial charge in [-0.05, 0) is 6.42 Å². The second kappa shape index (κ2) is 3.11. The van der Waals surface area contributed by atoms with Gasteiger partial charge in [-0.2, -0.15) is 0 Å². The van der Waals surface area contributed by atoms with E-state index in [1.54, 1.807) is 11.8 Å². The van der Waals surface area contributed by atoms with Crippen molar-refractivity contribution in [3.8, 4) is 0 Å². The normalized spacial score (nSPS) is 26.3. The Morgan fingerprint density at radius 2 is 2.67 bits per heavy atom. The molecule has 0 aromatic heterocycles. The van der Waals surface area contributed by atoms with Gasteiger partial charge in [-0.3, -0.25) is 4.79 Å². The summed E-state index contributed by atoms with van der Waals surface area (Å²) in [5.41, 5.74) is 0. The lowest BCUT2D eigenvalue weighted by Crippen LogP contribution is -2.22. The molecule has 3 heteroatoms. The van der Waals surface area contributed by atoms with Gasteiger partial charge >= 0.3 is 0 Å². The Balaban J connectivity index is 2.31. The highest BCUT2D eigenvalue weighted by Gasteiger charge is 2.22. The van der Waals surface area contributed by atoms with Gasteiger partial charge in [-0.15, -0.1) is 11.8 Å². The van der Waals surface area contributed by atoms with Crippen LogP contribution < -0.4 is 5.32 Å². The molecular weight excluding hydrogens is 134 g/mol. The van der Waals surface area contributed by atoms with E-state index in [2.05, 4.69) is 12.2 Å². The lowest BCUT2D eigenvalue weighted by Gasteiger charge is -2.00. The van der Waals surface area contributed by atoms with Gasteiger partial charge in [0.05, 0.1) is 11.1 Å². The summed E-state index contributed by atoms with van der Waals surface area (Å²) in [6.07, 6.45) is 2.13. The van der Waals surface area contributed by atoms with Crippen molar-refractivity contribution >= 4 is 17.7 Å². The topological polar surface area (TPSA) is 29.1 Å². The third-order valence-corrected chi connectivity index (χ3v) is 2.54. The fraction of sp³-hybridized carbons (Fsp3) is 0.833. The average molecular weight is 145 g/mol. The van der Waals surface area contributed by atoms with Crippen molar-refractivity contribution in [2.75, 3.05) is 5.88 Å². The fourth-order valence-corrected chi connectivity index (χ4v) is 1.94. The van der Waals surface area contributed by atoms with Crippen LogP contribution in [0.4, 0.5) is 0 Å². The van der Waals surface area contributed by atoms with Crippen LogP contribution in [0.15, 0.2) is 0 Å². The second-order valence-corrected chi connectivity index (χ2v) is 3.32. The van der Waals surface area contributed by atoms with E-state index in [-0.39, 0.29) is 11.2 Å². The smallest absolute Gasteiger partial charge is 0.233 e. The minimum atomic E-state index is 0.224. The number of carbonyl (C=O) groups excluding carboxylic acids is 1. The molecule has 9 heavy (non-hydrogen) atoms. The lowest BCUT2D eigenvalue weighted by atomic mass is 10.2. The summed E-state index contributed by atoms with van der Waals surface area (Å²) in [5.74, 6) is 1.03. The molecule has 1 saturated heterocycles. The van der Waals surface area contributed by atoms with Crippen molar-refractivity contribution < 1.29 is 4.79 Å². The first-order valence-corrected chi connectivity index (χ1v) is 4.28. The van der Waals surface area contributed by atoms with E-state index in [1.165, 1.54) is 0 Å². The molecule has 1 unspecified atom stereocenters. The number of hydrogen-bond acceptors (Lipinski definition) is 2. The number of hydrogen-bond donors (Lipinski definition) is 1. The molecule has 1 fully saturated rings. The largest absolute Gasteiger partial charge is 0.346 e. The molecule has 0 aromatic carbocycles. The molecule has 0 spiro atoms. The van der Waals surface area contributed by atoms with Crippen LogP contribution in [-0.2, 0) is 4.79 Å². The van der Waals surface area contributed by atoms with Gasteiger partial charge < -0.3 is 5.32 Å². The summed E-state index contributed by atoms with van der Waals surface area (Å²) in [6.45, 7) is 2.10. The van der Waals surface area contributed by atoms with E-state index in [4.69, 9.17) is 0 Å². The monoisotopic (exact) mass is 145 g/mol. The molecular formula is C6H11NOS. The Morgan fingerprint density at radius 3 is 3.11 bits per heavy atom. The second-order valence-electron chi connectivity index (χ2n) is 2.13. The SMILES string of the molecule is CCCC1SCNC1=O. The quantitative estimate of drug-likeness (QED) is 0.627. The Kier molecular flexibility index (Phi) is 2.39. The van der Waals surface area contributed by atoms with E-state index in [0.29, 0.717) is 0 Å². The molecule has 1 atom stereocenters. The predicted octanol–water partition coefficient (Wildman–Crippen LogP) is 0.976. The summed E-state index contributed by atoms with van der Waals surface area (Å²) >= 11 is 1.71. The molecule has 1 rings (SSSR count). The molecule has 1 aliphatic heterocycles. The van der Waals surface area contributed by atoms with Crippen molar-refractivity contribution in [2.24, 2.45) is 0 Å². The lowest BCUT2D eigenvalue weighted by molar-refractivity contribution is -0.119. The van der Waals surface area contributed by atoms with Crippen molar-refractivity contribution in [1.29, 1.82) is 0 Å². The van der Waals surface area contributed by atoms with Gasteiger partial charge in [-0.25, -0.2) is 0 Å². The van der Waals surface area contributed by atoms with Crippen molar-refractivity contribution in [3.63, 3.8) is 0 Å². The Bertz CT molecular complexity index is 116. The van der Waals surface area contributed by atoms with Gasteiger partial charge in [0.1, 0.15) is 0 Å². The van der Waals surface area contributed by atoms with Crippen LogP contribution in [0.25, 0.3) is 0 Å². The number of nitrogens with one attached hydrogen (secondary N) is 1. The maximum Gasteiger partial charge on any atom is 0.233 e. The molecule has 1 heterocycles. The molecule has 1 N–H and O–H groups in total. The first kappa shape index (κ1) is 6.93. The zero-order valence-electron chi connectivity index (χ0n) is 5.52. The first-order chi connectivity index (χ1) is 4.34. The highest BCUT2D eigenvalue weighted by Crippen LogP contribution is 2.20. The van der Waals surface area contributed by atoms with Gasteiger partial charge in [0.25, 0.3) is 0 Å². The molecule has 2 nitrogen and oxygen atoms in total. The molecule has 1 amide bonds. The Hall–Kier alpha value is -0.180. The number of carbonyl (C=O) groups is 1. The van der Waals surface area contributed by atoms with Crippen LogP contribution >= 0.6 is 11.8 Å². The average Bonchev–Trinajstić information content (AvgIpc) is 2.18. The van der Waals surface area contributed by atoms with Crippen LogP contribution in [-0.4, -0.2) is 17.0 Å². The van der Waals surface area contributed by atoms with Gasteiger partial charge in [0.2, 0.25) is 5.91 Å². The predicted molar refractivity (Wildman–Crippen MR) is 39.3 cm³/mol. The maximum absolute atomic E-state index is 10.8. The standard InChI is InChI=1S/C6H11NOS/c1-2-3-5-6(8)7-4-9-5/h5H,2-4H2,1H3,(H,7,8). The maximum atomic E-state index is 10.8. The molecule has 1 aliphatic rings. The van der Waals surface area contributed by atoms with E-state index in [0.717, 1.165) is 18.7 Å². The zero-order chi connectivity index (χ0) is 6.69. The van der Waals surface area contributed by atoms with Crippen LogP contribution in [0.1, 0.15) is 19.8 Å². The third-order valence-electron chi connectivity index (χ3n) is 1.37. The van der Waals surface area contributed by atoms with Crippen LogP contribution in [0.5, 0.6) is 0 Å². The Labute approximate surface area is 59.4 Å². The van der Waals surface area contributed by atoms with Crippen LogP contribution in [0, 0.1) is 0 Å². The first-order valence-electron chi connectivity index (χ1n) is 3.24. The highest BCUT2D eigenvalue weighted by atomic mass is 32.2. The molecule has 0 bridgehead atoms. The number of thioether (sulfide) groups is 1. The molecule has 0 aliphatic carbocycles. The highest BCUT2D eigenvalue weighted by molar-refractivity contribution is 8.01. The van der Waals surface area contributed by atoms with E-state index in [1.807, 2.05) is 0 Å². The van der Waals surface area contributed by atoms with Crippen LogP contribution in [0.2, 0.25) is 0 Å². The van der Waals surface area contributed by atoms with E-state index < -0.39 is 0 Å². The fourth-order valence-electron chi connectivity index (χ4n) is 0.880. The number of rotatable bonds is 2. The summed E-state index contributed by atoms with van der Waals surface area (Å²) < 4.78 is 0. The summed E-state index contributed by atoms with van der Waals surface area (Å²) in [6, 6.07) is 0. The molecule has 0 saturated carbocycles. The van der Waals surface area contributed by atoms with Crippen LogP contribution in [0.3, 0.4) is 0 Å². The van der Waals surface area contributed by atoms with E-state index >= 15 is 0 Å². The van der Waals surface area contributed by atoms with Gasteiger partial charge in [-0.1, -0.05) is 13.3 Å². The van der Waals surface area contributed by atoms with Crippen molar-refractivity contribution in [1.82, 2.24) is 5.32 Å². The van der Waals surface area contributed by atoms with Gasteiger partial charge in [0, 0.05) is 0 Å². The molecule has 0 radical (unpaired) electrons. The van der Waals surface area contributed by atoms with Crippen molar-refractivity contribution in [2.45, 2.75) is 25.0 Å². The minimum absolute atomic E-state index is 0.224. The zero-order valence-corrected chi connectivity index (χ0v) is 6.33. The third kappa shape index (κ3) is 1.61.